The molecule has 2 N–H and O–H groups in total. The molecule has 1 aliphatic rings. The lowest BCUT2D eigenvalue weighted by Gasteiger charge is -2.03. The standard InChI is InChI=1S/C13H12N2O3S2/c1-19-13-15-9-3-2-6(4-10(9)20-13)14-11(16)7-5-8(7)12(17)18/h2-4,7-8H,5H2,1H3,(H,14,16)(H,17,18)/t7-,8+/m1/s1. The summed E-state index contributed by atoms with van der Waals surface area (Å²) in [7, 11) is 0. The predicted molar refractivity (Wildman–Crippen MR) is 79.3 cm³/mol. The maximum Gasteiger partial charge on any atom is 0.307 e. The Morgan fingerprint density at radius 3 is 2.90 bits per heavy atom. The molecule has 0 spiro atoms. The molecule has 0 bridgehead atoms. The van der Waals surface area contributed by atoms with Gasteiger partial charge in [-0.3, -0.25) is 9.59 Å². The Kier molecular flexibility index (Phi) is 3.39. The van der Waals surface area contributed by atoms with Crippen molar-refractivity contribution in [1.29, 1.82) is 0 Å². The lowest BCUT2D eigenvalue weighted by molar-refractivity contribution is -0.139. The number of aliphatic carboxylic acids is 1. The first kappa shape index (κ1) is 13.4. The number of carbonyl (C=O) groups is 2. The van der Waals surface area contributed by atoms with E-state index in [1.165, 1.54) is 0 Å². The minimum absolute atomic E-state index is 0.216. The van der Waals surface area contributed by atoms with Crippen LogP contribution >= 0.6 is 23.1 Å². The van der Waals surface area contributed by atoms with Crippen LogP contribution < -0.4 is 5.32 Å². The molecular weight excluding hydrogens is 296 g/mol. The van der Waals surface area contributed by atoms with Crippen molar-refractivity contribution in [3.8, 4) is 0 Å². The number of anilines is 1. The Balaban J connectivity index is 1.74. The molecule has 1 heterocycles. The van der Waals surface area contributed by atoms with Gasteiger partial charge in [-0.15, -0.1) is 11.3 Å². The number of carboxylic acids is 1. The highest BCUT2D eigenvalue weighted by Crippen LogP contribution is 2.39. The fourth-order valence-electron chi connectivity index (χ4n) is 2.06. The largest absolute Gasteiger partial charge is 0.481 e. The summed E-state index contributed by atoms with van der Waals surface area (Å²) in [5.74, 6) is -2.03. The molecule has 0 radical (unpaired) electrons. The first-order valence-electron chi connectivity index (χ1n) is 6.06. The fourth-order valence-corrected chi connectivity index (χ4v) is 3.59. The topological polar surface area (TPSA) is 79.3 Å². The highest BCUT2D eigenvalue weighted by atomic mass is 32.2. The molecular formula is C13H12N2O3S2. The summed E-state index contributed by atoms with van der Waals surface area (Å²) >= 11 is 3.16. The number of carboxylic acid groups (broad SMARTS) is 1. The van der Waals surface area contributed by atoms with Crippen LogP contribution in [0.2, 0.25) is 0 Å². The number of aromatic nitrogens is 1. The van der Waals surface area contributed by atoms with E-state index in [1.54, 1.807) is 29.2 Å². The lowest BCUT2D eigenvalue weighted by atomic mass is 10.2. The molecule has 104 valence electrons. The van der Waals surface area contributed by atoms with E-state index in [0.29, 0.717) is 12.1 Å². The number of nitrogens with zero attached hydrogens (tertiary/aromatic N) is 1. The molecule has 0 saturated heterocycles. The van der Waals surface area contributed by atoms with E-state index in [9.17, 15) is 9.59 Å². The van der Waals surface area contributed by atoms with Crippen LogP contribution in [0, 0.1) is 11.8 Å². The summed E-state index contributed by atoms with van der Waals surface area (Å²) in [5.41, 5.74) is 1.60. The molecule has 1 amide bonds. The second-order valence-corrected chi connectivity index (χ2v) is 6.73. The third-order valence-electron chi connectivity index (χ3n) is 3.26. The van der Waals surface area contributed by atoms with Gasteiger partial charge in [-0.25, -0.2) is 4.98 Å². The molecule has 1 saturated carbocycles. The van der Waals surface area contributed by atoms with Gasteiger partial charge in [-0.05, 0) is 30.9 Å². The van der Waals surface area contributed by atoms with Gasteiger partial charge in [0.2, 0.25) is 5.91 Å². The Hall–Kier alpha value is -1.60. The van der Waals surface area contributed by atoms with Crippen LogP contribution in [0.15, 0.2) is 22.5 Å². The molecule has 3 rings (SSSR count). The van der Waals surface area contributed by atoms with Crippen molar-refractivity contribution in [1.82, 2.24) is 4.98 Å². The van der Waals surface area contributed by atoms with E-state index in [-0.39, 0.29) is 5.91 Å². The lowest BCUT2D eigenvalue weighted by Crippen LogP contribution is -2.16. The minimum Gasteiger partial charge on any atom is -0.481 e. The summed E-state index contributed by atoms with van der Waals surface area (Å²) in [4.78, 5) is 27.1. The number of hydrogen-bond donors (Lipinski definition) is 2. The molecule has 1 fully saturated rings. The summed E-state index contributed by atoms with van der Waals surface area (Å²) < 4.78 is 1.99. The van der Waals surface area contributed by atoms with E-state index < -0.39 is 17.8 Å². The number of nitrogens with one attached hydrogen (secondary N) is 1. The average Bonchev–Trinajstić information content (AvgIpc) is 3.12. The monoisotopic (exact) mass is 308 g/mol. The normalized spacial score (nSPS) is 20.9. The Morgan fingerprint density at radius 2 is 2.25 bits per heavy atom. The number of carbonyl (C=O) groups excluding carboxylic acids is 1. The van der Waals surface area contributed by atoms with Crippen LogP contribution in [0.25, 0.3) is 10.2 Å². The van der Waals surface area contributed by atoms with Crippen LogP contribution in [0.4, 0.5) is 5.69 Å². The molecule has 0 unspecified atom stereocenters. The van der Waals surface area contributed by atoms with Gasteiger partial charge >= 0.3 is 5.97 Å². The number of rotatable bonds is 4. The summed E-state index contributed by atoms with van der Waals surface area (Å²) in [6.45, 7) is 0. The van der Waals surface area contributed by atoms with Gasteiger partial charge in [0, 0.05) is 5.69 Å². The number of hydrogen-bond acceptors (Lipinski definition) is 5. The van der Waals surface area contributed by atoms with Gasteiger partial charge in [0.1, 0.15) is 0 Å². The van der Waals surface area contributed by atoms with Crippen molar-refractivity contribution in [2.24, 2.45) is 11.8 Å². The van der Waals surface area contributed by atoms with Crippen LogP contribution in [-0.2, 0) is 9.59 Å². The maximum absolute atomic E-state index is 11.9. The van der Waals surface area contributed by atoms with E-state index in [4.69, 9.17) is 5.11 Å². The third-order valence-corrected chi connectivity index (χ3v) is 5.26. The highest BCUT2D eigenvalue weighted by molar-refractivity contribution is 8.00. The molecule has 1 aromatic carbocycles. The molecule has 0 aliphatic heterocycles. The first-order chi connectivity index (χ1) is 9.58. The minimum atomic E-state index is -0.896. The summed E-state index contributed by atoms with van der Waals surface area (Å²) in [6.07, 6.45) is 2.40. The Morgan fingerprint density at radius 1 is 1.45 bits per heavy atom. The number of thioether (sulfide) groups is 1. The van der Waals surface area contributed by atoms with Gasteiger partial charge in [0.25, 0.3) is 0 Å². The van der Waals surface area contributed by atoms with Crippen molar-refractivity contribution >= 4 is 50.9 Å². The smallest absolute Gasteiger partial charge is 0.307 e. The molecule has 5 nitrogen and oxygen atoms in total. The van der Waals surface area contributed by atoms with Gasteiger partial charge in [0.05, 0.1) is 22.1 Å². The molecule has 1 aromatic heterocycles. The van der Waals surface area contributed by atoms with Gasteiger partial charge < -0.3 is 10.4 Å². The van der Waals surface area contributed by atoms with Crippen molar-refractivity contribution in [2.45, 2.75) is 10.8 Å². The van der Waals surface area contributed by atoms with E-state index in [0.717, 1.165) is 14.6 Å². The van der Waals surface area contributed by atoms with Crippen LogP contribution in [0.5, 0.6) is 0 Å². The van der Waals surface area contributed by atoms with Crippen molar-refractivity contribution in [2.75, 3.05) is 11.6 Å². The van der Waals surface area contributed by atoms with Gasteiger partial charge in [-0.2, -0.15) is 0 Å². The second-order valence-electron chi connectivity index (χ2n) is 4.64. The fraction of sp³-hybridized carbons (Fsp3) is 0.308. The molecule has 7 heteroatoms. The molecule has 2 atom stereocenters. The first-order valence-corrected chi connectivity index (χ1v) is 8.11. The molecule has 20 heavy (non-hydrogen) atoms. The summed E-state index contributed by atoms with van der Waals surface area (Å²) in [6, 6.07) is 5.54. The zero-order valence-electron chi connectivity index (χ0n) is 10.6. The number of amides is 1. The quantitative estimate of drug-likeness (QED) is 0.849. The summed E-state index contributed by atoms with van der Waals surface area (Å²) in [5, 5.41) is 11.6. The van der Waals surface area contributed by atoms with E-state index in [1.807, 2.05) is 18.4 Å². The highest BCUT2D eigenvalue weighted by Gasteiger charge is 2.48. The van der Waals surface area contributed by atoms with Crippen LogP contribution in [0.3, 0.4) is 0 Å². The maximum atomic E-state index is 11.9. The zero-order valence-corrected chi connectivity index (χ0v) is 12.3. The van der Waals surface area contributed by atoms with E-state index in [2.05, 4.69) is 10.3 Å². The second kappa shape index (κ2) is 5.06. The number of thiazole rings is 1. The molecule has 2 aromatic rings. The van der Waals surface area contributed by atoms with Crippen molar-refractivity contribution < 1.29 is 14.7 Å². The number of benzene rings is 1. The van der Waals surface area contributed by atoms with Crippen molar-refractivity contribution in [3.63, 3.8) is 0 Å². The Labute approximate surface area is 123 Å². The van der Waals surface area contributed by atoms with Gasteiger partial charge in [0.15, 0.2) is 4.34 Å². The van der Waals surface area contributed by atoms with Crippen LogP contribution in [0.1, 0.15) is 6.42 Å². The Bertz CT molecular complexity index is 698. The average molecular weight is 308 g/mol. The van der Waals surface area contributed by atoms with Crippen molar-refractivity contribution in [3.05, 3.63) is 18.2 Å². The molecule has 1 aliphatic carbocycles. The zero-order chi connectivity index (χ0) is 14.3. The third kappa shape index (κ3) is 2.51. The van der Waals surface area contributed by atoms with E-state index >= 15 is 0 Å². The van der Waals surface area contributed by atoms with Gasteiger partial charge in [-0.1, -0.05) is 11.8 Å². The predicted octanol–water partition coefficient (Wildman–Crippen LogP) is 2.68. The van der Waals surface area contributed by atoms with Crippen LogP contribution in [-0.4, -0.2) is 28.2 Å². The SMILES string of the molecule is CSc1nc2ccc(NC(=O)[C@@H]3C[C@@H]3C(=O)O)cc2s1. The number of fused-ring (bicyclic) bond motifs is 1.